The Morgan fingerprint density at radius 3 is 2.74 bits per heavy atom. The molecule has 0 radical (unpaired) electrons. The van der Waals surface area contributed by atoms with Gasteiger partial charge in [-0.25, -0.2) is 0 Å². The number of rotatable bonds is 5. The third-order valence-corrected chi connectivity index (χ3v) is 3.51. The summed E-state index contributed by atoms with van der Waals surface area (Å²) in [5.41, 5.74) is 3.42. The highest BCUT2D eigenvalue weighted by atomic mass is 35.5. The smallest absolute Gasteiger partial charge is 0.0622 e. The van der Waals surface area contributed by atoms with Gasteiger partial charge in [-0.3, -0.25) is 4.68 Å². The first-order chi connectivity index (χ1) is 9.15. The number of nitrogens with one attached hydrogen (secondary N) is 1. The fraction of sp³-hybridized carbons (Fsp3) is 0.400. The second kappa shape index (κ2) is 6.22. The predicted octanol–water partition coefficient (Wildman–Crippen LogP) is 3.56. The highest BCUT2D eigenvalue weighted by molar-refractivity contribution is 6.31. The normalized spacial score (nSPS) is 12.6. The van der Waals surface area contributed by atoms with Gasteiger partial charge in [0.2, 0.25) is 0 Å². The van der Waals surface area contributed by atoms with Gasteiger partial charge in [-0.15, -0.1) is 0 Å². The molecule has 0 amide bonds. The molecule has 4 heteroatoms. The summed E-state index contributed by atoms with van der Waals surface area (Å²) in [6, 6.07) is 6.29. The van der Waals surface area contributed by atoms with Crippen LogP contribution >= 0.6 is 11.6 Å². The molecular formula is C15H20ClN3. The molecule has 0 aliphatic heterocycles. The SMILES string of the molecule is CCNC(c1cnn(CC)c1)c1ccc(C)cc1Cl. The summed E-state index contributed by atoms with van der Waals surface area (Å²) in [6.07, 6.45) is 3.98. The Morgan fingerprint density at radius 2 is 2.16 bits per heavy atom. The molecule has 1 N–H and O–H groups in total. The summed E-state index contributed by atoms with van der Waals surface area (Å²) >= 11 is 6.38. The summed E-state index contributed by atoms with van der Waals surface area (Å²) < 4.78 is 1.93. The van der Waals surface area contributed by atoms with E-state index in [0.717, 1.165) is 29.2 Å². The number of hydrogen-bond acceptors (Lipinski definition) is 2. The van der Waals surface area contributed by atoms with Gasteiger partial charge in [0.1, 0.15) is 0 Å². The summed E-state index contributed by atoms with van der Waals surface area (Å²) in [4.78, 5) is 0. The zero-order valence-corrected chi connectivity index (χ0v) is 12.4. The van der Waals surface area contributed by atoms with E-state index in [-0.39, 0.29) is 6.04 Å². The van der Waals surface area contributed by atoms with E-state index in [1.165, 1.54) is 5.56 Å². The van der Waals surface area contributed by atoms with Crippen molar-refractivity contribution < 1.29 is 0 Å². The van der Waals surface area contributed by atoms with Gasteiger partial charge in [0.25, 0.3) is 0 Å². The summed E-state index contributed by atoms with van der Waals surface area (Å²) in [6.45, 7) is 7.98. The van der Waals surface area contributed by atoms with Crippen LogP contribution in [0.15, 0.2) is 30.6 Å². The van der Waals surface area contributed by atoms with Crippen LogP contribution in [0.5, 0.6) is 0 Å². The van der Waals surface area contributed by atoms with Crippen molar-refractivity contribution in [1.82, 2.24) is 15.1 Å². The van der Waals surface area contributed by atoms with Crippen molar-refractivity contribution in [2.45, 2.75) is 33.4 Å². The van der Waals surface area contributed by atoms with Gasteiger partial charge < -0.3 is 5.32 Å². The molecule has 1 aromatic heterocycles. The number of benzene rings is 1. The average molecular weight is 278 g/mol. The first-order valence-electron chi connectivity index (χ1n) is 6.67. The molecule has 2 rings (SSSR count). The van der Waals surface area contributed by atoms with E-state index in [1.54, 1.807) is 0 Å². The van der Waals surface area contributed by atoms with Crippen LogP contribution in [-0.4, -0.2) is 16.3 Å². The third-order valence-electron chi connectivity index (χ3n) is 3.19. The average Bonchev–Trinajstić information content (AvgIpc) is 2.85. The number of halogens is 1. The van der Waals surface area contributed by atoms with Crippen molar-refractivity contribution in [3.05, 3.63) is 52.3 Å². The number of nitrogens with zero attached hydrogens (tertiary/aromatic N) is 2. The van der Waals surface area contributed by atoms with Crippen molar-refractivity contribution in [2.24, 2.45) is 0 Å². The Morgan fingerprint density at radius 1 is 1.37 bits per heavy atom. The molecule has 102 valence electrons. The lowest BCUT2D eigenvalue weighted by Gasteiger charge is -2.18. The first kappa shape index (κ1) is 14.1. The lowest BCUT2D eigenvalue weighted by molar-refractivity contribution is 0.625. The predicted molar refractivity (Wildman–Crippen MR) is 79.6 cm³/mol. The van der Waals surface area contributed by atoms with Crippen LogP contribution in [0.1, 0.15) is 36.6 Å². The minimum absolute atomic E-state index is 0.0957. The Bertz CT molecular complexity index is 548. The van der Waals surface area contributed by atoms with E-state index in [4.69, 9.17) is 11.6 Å². The van der Waals surface area contributed by atoms with Gasteiger partial charge in [0.15, 0.2) is 0 Å². The zero-order valence-electron chi connectivity index (χ0n) is 11.7. The Balaban J connectivity index is 2.38. The summed E-state index contributed by atoms with van der Waals surface area (Å²) in [5.74, 6) is 0. The molecule has 0 aliphatic rings. The molecule has 1 heterocycles. The fourth-order valence-electron chi connectivity index (χ4n) is 2.18. The summed E-state index contributed by atoms with van der Waals surface area (Å²) in [7, 11) is 0. The van der Waals surface area contributed by atoms with E-state index < -0.39 is 0 Å². The van der Waals surface area contributed by atoms with Crippen LogP contribution < -0.4 is 5.32 Å². The van der Waals surface area contributed by atoms with Crippen LogP contribution in [-0.2, 0) is 6.54 Å². The maximum atomic E-state index is 6.38. The molecule has 19 heavy (non-hydrogen) atoms. The highest BCUT2D eigenvalue weighted by Crippen LogP contribution is 2.28. The van der Waals surface area contributed by atoms with Crippen molar-refractivity contribution in [2.75, 3.05) is 6.54 Å². The van der Waals surface area contributed by atoms with Gasteiger partial charge in [0.05, 0.1) is 12.2 Å². The zero-order chi connectivity index (χ0) is 13.8. The number of aromatic nitrogens is 2. The fourth-order valence-corrected chi connectivity index (χ4v) is 2.52. The second-order valence-electron chi connectivity index (χ2n) is 4.65. The van der Waals surface area contributed by atoms with Crippen molar-refractivity contribution in [3.63, 3.8) is 0 Å². The molecule has 2 aromatic rings. The molecule has 1 atom stereocenters. The number of hydrogen-bond donors (Lipinski definition) is 1. The maximum Gasteiger partial charge on any atom is 0.0622 e. The van der Waals surface area contributed by atoms with Gasteiger partial charge in [-0.05, 0) is 37.6 Å². The molecule has 0 spiro atoms. The lowest BCUT2D eigenvalue weighted by Crippen LogP contribution is -2.22. The quantitative estimate of drug-likeness (QED) is 0.906. The Labute approximate surface area is 119 Å². The van der Waals surface area contributed by atoms with Gasteiger partial charge in [-0.1, -0.05) is 30.7 Å². The standard InChI is InChI=1S/C15H20ClN3/c1-4-17-15(12-9-18-19(5-2)10-12)13-7-6-11(3)8-14(13)16/h6-10,15,17H,4-5H2,1-3H3. The molecule has 1 unspecified atom stereocenters. The summed E-state index contributed by atoms with van der Waals surface area (Å²) in [5, 5.41) is 8.62. The van der Waals surface area contributed by atoms with Crippen LogP contribution in [0.25, 0.3) is 0 Å². The van der Waals surface area contributed by atoms with E-state index in [2.05, 4.69) is 42.6 Å². The monoisotopic (exact) mass is 277 g/mol. The highest BCUT2D eigenvalue weighted by Gasteiger charge is 2.17. The van der Waals surface area contributed by atoms with Crippen LogP contribution in [0.2, 0.25) is 5.02 Å². The Kier molecular flexibility index (Phi) is 4.61. The second-order valence-corrected chi connectivity index (χ2v) is 5.05. The number of aryl methyl sites for hydroxylation is 2. The molecule has 0 saturated heterocycles. The molecule has 0 fully saturated rings. The molecule has 0 aliphatic carbocycles. The topological polar surface area (TPSA) is 29.9 Å². The molecular weight excluding hydrogens is 258 g/mol. The van der Waals surface area contributed by atoms with E-state index in [0.29, 0.717) is 0 Å². The molecule has 3 nitrogen and oxygen atoms in total. The van der Waals surface area contributed by atoms with Gasteiger partial charge in [0, 0.05) is 23.3 Å². The van der Waals surface area contributed by atoms with Gasteiger partial charge in [-0.2, -0.15) is 5.10 Å². The lowest BCUT2D eigenvalue weighted by atomic mass is 10.0. The van der Waals surface area contributed by atoms with Crippen LogP contribution in [0, 0.1) is 6.92 Å². The van der Waals surface area contributed by atoms with Crippen LogP contribution in [0.4, 0.5) is 0 Å². The minimum Gasteiger partial charge on any atom is -0.306 e. The van der Waals surface area contributed by atoms with E-state index in [1.807, 2.05) is 23.9 Å². The van der Waals surface area contributed by atoms with Crippen LogP contribution in [0.3, 0.4) is 0 Å². The van der Waals surface area contributed by atoms with E-state index in [9.17, 15) is 0 Å². The van der Waals surface area contributed by atoms with Crippen molar-refractivity contribution >= 4 is 11.6 Å². The molecule has 0 saturated carbocycles. The third kappa shape index (κ3) is 3.17. The van der Waals surface area contributed by atoms with Crippen molar-refractivity contribution in [3.8, 4) is 0 Å². The van der Waals surface area contributed by atoms with Crippen molar-refractivity contribution in [1.29, 1.82) is 0 Å². The largest absolute Gasteiger partial charge is 0.306 e. The Hall–Kier alpha value is -1.32. The maximum absolute atomic E-state index is 6.38. The molecule has 1 aromatic carbocycles. The van der Waals surface area contributed by atoms with Gasteiger partial charge >= 0.3 is 0 Å². The molecule has 0 bridgehead atoms. The minimum atomic E-state index is 0.0957. The van der Waals surface area contributed by atoms with E-state index >= 15 is 0 Å². The first-order valence-corrected chi connectivity index (χ1v) is 7.05.